The molecule has 0 unspecified atom stereocenters. The highest BCUT2D eigenvalue weighted by Gasteiger charge is 2.37. The van der Waals surface area contributed by atoms with Crippen LogP contribution in [0.25, 0.3) is 23.0 Å². The third-order valence-electron chi connectivity index (χ3n) is 5.89. The fourth-order valence-corrected chi connectivity index (χ4v) is 4.38. The number of aromatic carboxylic acids is 1. The molecule has 4 aromatic rings. The van der Waals surface area contributed by atoms with E-state index in [0.29, 0.717) is 32.6 Å². The Bertz CT molecular complexity index is 1670. The summed E-state index contributed by atoms with van der Waals surface area (Å²) in [6.45, 7) is 5.21. The van der Waals surface area contributed by atoms with Gasteiger partial charge in [0.05, 0.1) is 33.1 Å². The van der Waals surface area contributed by atoms with Gasteiger partial charge in [0.2, 0.25) is 5.89 Å². The highest BCUT2D eigenvalue weighted by Crippen LogP contribution is 2.38. The Kier molecular flexibility index (Phi) is 9.72. The lowest BCUT2D eigenvalue weighted by Gasteiger charge is -2.13. The fourth-order valence-electron chi connectivity index (χ4n) is 3.71. The Labute approximate surface area is 253 Å². The van der Waals surface area contributed by atoms with Crippen LogP contribution in [0, 0.1) is 5.92 Å². The van der Waals surface area contributed by atoms with Gasteiger partial charge in [0.25, 0.3) is 5.89 Å². The molecule has 14 heteroatoms. The summed E-state index contributed by atoms with van der Waals surface area (Å²) in [4.78, 5) is 20.5. The standard InChI is InChI=1S/C29H23Cl2F3N4O5/c1-15(2)23(43-38-16(3)24-21(30)5-4-6-22(24)31)11-12-41-19-13-20(29(32,33)34)25(35-14-19)27-37-36-26(42-27)17-7-9-18(10-8-17)28(39)40/h4-11,13-15H,12H2,1-3H3,(H,39,40)/b23-11+,38-16+. The van der Waals surface area contributed by atoms with Gasteiger partial charge in [-0.2, -0.15) is 13.2 Å². The second-order valence-electron chi connectivity index (χ2n) is 9.30. The number of hydrogen-bond donors (Lipinski definition) is 1. The zero-order valence-electron chi connectivity index (χ0n) is 22.8. The minimum atomic E-state index is -4.83. The van der Waals surface area contributed by atoms with Crippen LogP contribution in [0.5, 0.6) is 5.75 Å². The average molecular weight is 635 g/mol. The molecule has 9 nitrogen and oxygen atoms in total. The topological polar surface area (TPSA) is 120 Å². The van der Waals surface area contributed by atoms with Gasteiger partial charge < -0.3 is 19.1 Å². The Morgan fingerprint density at radius 1 is 1.09 bits per heavy atom. The van der Waals surface area contributed by atoms with Gasteiger partial charge >= 0.3 is 12.1 Å². The zero-order chi connectivity index (χ0) is 31.3. The smallest absolute Gasteiger partial charge is 0.418 e. The lowest BCUT2D eigenvalue weighted by atomic mass is 10.1. The molecule has 0 atom stereocenters. The number of carboxylic acid groups (broad SMARTS) is 1. The Hall–Kier alpha value is -4.42. The molecule has 4 rings (SSSR count). The van der Waals surface area contributed by atoms with E-state index >= 15 is 0 Å². The Morgan fingerprint density at radius 2 is 1.74 bits per heavy atom. The maximum atomic E-state index is 14.0. The van der Waals surface area contributed by atoms with E-state index in [4.69, 9.17) is 42.3 Å². The Balaban J connectivity index is 1.52. The van der Waals surface area contributed by atoms with Gasteiger partial charge in [0.15, 0.2) is 0 Å². The minimum Gasteiger partial charge on any atom is -0.488 e. The van der Waals surface area contributed by atoms with Crippen LogP contribution in [-0.4, -0.2) is 38.6 Å². The number of carboxylic acids is 1. The first-order valence-electron chi connectivity index (χ1n) is 12.6. The summed E-state index contributed by atoms with van der Waals surface area (Å²) in [5, 5.41) is 21.4. The predicted molar refractivity (Wildman–Crippen MR) is 153 cm³/mol. The van der Waals surface area contributed by atoms with Gasteiger partial charge in [0.1, 0.15) is 23.8 Å². The van der Waals surface area contributed by atoms with E-state index in [1.165, 1.54) is 30.3 Å². The molecule has 0 saturated heterocycles. The van der Waals surface area contributed by atoms with E-state index in [9.17, 15) is 18.0 Å². The number of halogens is 5. The number of ether oxygens (including phenoxy) is 1. The van der Waals surface area contributed by atoms with Crippen LogP contribution < -0.4 is 4.74 Å². The molecule has 0 bridgehead atoms. The minimum absolute atomic E-state index is 0.0203. The maximum Gasteiger partial charge on any atom is 0.418 e. The second-order valence-corrected chi connectivity index (χ2v) is 10.1. The van der Waals surface area contributed by atoms with Crippen LogP contribution in [0.4, 0.5) is 13.2 Å². The van der Waals surface area contributed by atoms with Crippen LogP contribution in [0.3, 0.4) is 0 Å². The average Bonchev–Trinajstić information content (AvgIpc) is 3.44. The molecule has 1 N–H and O–H groups in total. The summed E-state index contributed by atoms with van der Waals surface area (Å²) in [6, 6.07) is 11.2. The van der Waals surface area contributed by atoms with Crippen molar-refractivity contribution in [1.82, 2.24) is 15.2 Å². The molecule has 2 heterocycles. The molecule has 2 aromatic carbocycles. The van der Waals surface area contributed by atoms with E-state index < -0.39 is 29.3 Å². The first kappa shape index (κ1) is 31.5. The van der Waals surface area contributed by atoms with Gasteiger partial charge in [-0.1, -0.05) is 48.3 Å². The van der Waals surface area contributed by atoms with Crippen molar-refractivity contribution < 1.29 is 37.1 Å². The summed E-state index contributed by atoms with van der Waals surface area (Å²) in [7, 11) is 0. The van der Waals surface area contributed by atoms with Crippen LogP contribution in [0.2, 0.25) is 10.0 Å². The number of aromatic nitrogens is 3. The van der Waals surface area contributed by atoms with E-state index in [1.54, 1.807) is 25.1 Å². The number of benzene rings is 2. The van der Waals surface area contributed by atoms with Crippen molar-refractivity contribution in [3.8, 4) is 28.8 Å². The number of nitrogens with zero attached hydrogens (tertiary/aromatic N) is 4. The molecule has 0 aliphatic rings. The number of oxime groups is 1. The summed E-state index contributed by atoms with van der Waals surface area (Å²) < 4.78 is 52.9. The van der Waals surface area contributed by atoms with Crippen LogP contribution in [0.1, 0.15) is 42.3 Å². The van der Waals surface area contributed by atoms with Crippen molar-refractivity contribution in [3.05, 3.63) is 93.3 Å². The van der Waals surface area contributed by atoms with Crippen molar-refractivity contribution in [2.45, 2.75) is 26.9 Å². The van der Waals surface area contributed by atoms with Crippen molar-refractivity contribution in [3.63, 3.8) is 0 Å². The number of carbonyl (C=O) groups is 1. The van der Waals surface area contributed by atoms with Crippen LogP contribution >= 0.6 is 23.2 Å². The van der Waals surface area contributed by atoms with E-state index in [-0.39, 0.29) is 29.7 Å². The molecule has 0 amide bonds. The van der Waals surface area contributed by atoms with E-state index in [1.807, 2.05) is 13.8 Å². The monoisotopic (exact) mass is 634 g/mol. The highest BCUT2D eigenvalue weighted by atomic mass is 35.5. The van der Waals surface area contributed by atoms with Gasteiger partial charge in [0, 0.05) is 17.0 Å². The molecule has 0 saturated carbocycles. The summed E-state index contributed by atoms with van der Waals surface area (Å²) in [5.41, 5.74) is -0.457. The molecule has 0 fully saturated rings. The van der Waals surface area contributed by atoms with Crippen molar-refractivity contribution in [2.24, 2.45) is 11.1 Å². The maximum absolute atomic E-state index is 14.0. The summed E-state index contributed by atoms with van der Waals surface area (Å²) >= 11 is 12.4. The molecule has 2 aromatic heterocycles. The Morgan fingerprint density at radius 3 is 2.35 bits per heavy atom. The zero-order valence-corrected chi connectivity index (χ0v) is 24.3. The molecule has 0 spiro atoms. The van der Waals surface area contributed by atoms with Gasteiger partial charge in [-0.3, -0.25) is 0 Å². The molecule has 224 valence electrons. The fraction of sp³-hybridized carbons (Fsp3) is 0.207. The lowest BCUT2D eigenvalue weighted by Crippen LogP contribution is -2.10. The molecule has 0 aliphatic heterocycles. The lowest BCUT2D eigenvalue weighted by molar-refractivity contribution is -0.137. The van der Waals surface area contributed by atoms with Crippen LogP contribution in [-0.2, 0) is 11.0 Å². The number of pyridine rings is 1. The molecular weight excluding hydrogens is 612 g/mol. The first-order valence-corrected chi connectivity index (χ1v) is 13.3. The number of hydrogen-bond acceptors (Lipinski definition) is 8. The van der Waals surface area contributed by atoms with Crippen LogP contribution in [0.15, 0.2) is 76.1 Å². The van der Waals surface area contributed by atoms with E-state index in [2.05, 4.69) is 20.3 Å². The molecular formula is C29H23Cl2F3N4O5. The third-order valence-corrected chi connectivity index (χ3v) is 6.52. The van der Waals surface area contributed by atoms with E-state index in [0.717, 1.165) is 12.3 Å². The molecule has 0 radical (unpaired) electrons. The van der Waals surface area contributed by atoms with Crippen molar-refractivity contribution >= 4 is 34.9 Å². The largest absolute Gasteiger partial charge is 0.488 e. The molecule has 0 aliphatic carbocycles. The molecule has 43 heavy (non-hydrogen) atoms. The van der Waals surface area contributed by atoms with Gasteiger partial charge in [-0.25, -0.2) is 9.78 Å². The first-order chi connectivity index (χ1) is 20.3. The second kappa shape index (κ2) is 13.3. The van der Waals surface area contributed by atoms with Crippen molar-refractivity contribution in [2.75, 3.05) is 6.61 Å². The number of rotatable bonds is 10. The number of allylic oxidation sites excluding steroid dienone is 1. The van der Waals surface area contributed by atoms with Gasteiger partial charge in [-0.15, -0.1) is 10.2 Å². The SMILES string of the molecule is C/C(=N\O/C(=C/COc1cnc(-c2nnc(-c3ccc(C(=O)O)cc3)o2)c(C(F)(F)F)c1)C(C)C)c1c(Cl)cccc1Cl. The highest BCUT2D eigenvalue weighted by molar-refractivity contribution is 6.40. The predicted octanol–water partition coefficient (Wildman–Crippen LogP) is 8.18. The summed E-state index contributed by atoms with van der Waals surface area (Å²) in [5.74, 6) is -1.62. The number of alkyl halides is 3. The quantitative estimate of drug-likeness (QED) is 0.105. The normalized spacial score (nSPS) is 12.5. The van der Waals surface area contributed by atoms with Gasteiger partial charge in [-0.05, 0) is 55.5 Å². The summed E-state index contributed by atoms with van der Waals surface area (Å²) in [6.07, 6.45) is -2.19. The van der Waals surface area contributed by atoms with Crippen molar-refractivity contribution in [1.29, 1.82) is 0 Å². The third kappa shape index (κ3) is 7.70.